The molecular formula is C12H11BrN2O2S. The van der Waals surface area contributed by atoms with Crippen LogP contribution in [0.15, 0.2) is 20.4 Å². The Morgan fingerprint density at radius 2 is 2.11 bits per heavy atom. The van der Waals surface area contributed by atoms with Gasteiger partial charge in [-0.05, 0) is 40.9 Å². The van der Waals surface area contributed by atoms with Crippen LogP contribution in [-0.2, 0) is 4.79 Å². The molecule has 2 aromatic rings. The summed E-state index contributed by atoms with van der Waals surface area (Å²) in [6.07, 6.45) is 2.92. The number of hydrogen-bond acceptors (Lipinski definition) is 5. The first kappa shape index (κ1) is 12.0. The maximum atomic E-state index is 11.2. The summed E-state index contributed by atoms with van der Waals surface area (Å²) in [5.41, 5.74) is 0. The van der Waals surface area contributed by atoms with E-state index in [9.17, 15) is 4.79 Å². The number of carbonyl (C=O) groups is 1. The van der Waals surface area contributed by atoms with Gasteiger partial charge in [-0.2, -0.15) is 4.98 Å². The lowest BCUT2D eigenvalue weighted by Crippen LogP contribution is -2.12. The van der Waals surface area contributed by atoms with Crippen LogP contribution in [-0.4, -0.2) is 15.9 Å². The Balaban J connectivity index is 1.79. The Labute approximate surface area is 117 Å². The van der Waals surface area contributed by atoms with Gasteiger partial charge in [-0.25, -0.2) is 0 Å². The van der Waals surface area contributed by atoms with Crippen LogP contribution in [0.4, 0.5) is 0 Å². The van der Waals surface area contributed by atoms with Gasteiger partial charge < -0.3 is 4.52 Å². The van der Waals surface area contributed by atoms with Gasteiger partial charge in [0.15, 0.2) is 0 Å². The molecule has 0 aliphatic heterocycles. The number of nitrogens with zero attached hydrogens (tertiary/aromatic N) is 2. The first-order valence-corrected chi connectivity index (χ1v) is 7.44. The minimum absolute atomic E-state index is 0.243. The first-order valence-electron chi connectivity index (χ1n) is 5.83. The molecule has 0 spiro atoms. The number of halogens is 1. The number of Topliss-reactive ketones (excluding diaryl/α,β-unsaturated/α-hetero) is 1. The molecule has 1 aliphatic carbocycles. The fraction of sp³-hybridized carbons (Fsp3) is 0.417. The topological polar surface area (TPSA) is 56.0 Å². The second-order valence-corrected chi connectivity index (χ2v) is 6.84. The van der Waals surface area contributed by atoms with Crippen LogP contribution in [0.25, 0.3) is 10.7 Å². The number of aromatic nitrogens is 2. The van der Waals surface area contributed by atoms with Gasteiger partial charge in [-0.1, -0.05) is 5.16 Å². The van der Waals surface area contributed by atoms with Gasteiger partial charge in [0.2, 0.25) is 11.7 Å². The van der Waals surface area contributed by atoms with Crippen LogP contribution in [0, 0.1) is 0 Å². The normalized spacial score (nSPS) is 17.3. The zero-order valence-corrected chi connectivity index (χ0v) is 12.0. The van der Waals surface area contributed by atoms with E-state index in [1.165, 1.54) is 0 Å². The summed E-state index contributed by atoms with van der Waals surface area (Å²) < 4.78 is 6.37. The van der Waals surface area contributed by atoms with Crippen LogP contribution in [0.1, 0.15) is 37.5 Å². The van der Waals surface area contributed by atoms with Gasteiger partial charge in [0.05, 0.1) is 8.66 Å². The summed E-state index contributed by atoms with van der Waals surface area (Å²) in [5.74, 6) is 1.89. The smallest absolute Gasteiger partial charge is 0.230 e. The molecule has 0 aromatic carbocycles. The molecule has 0 atom stereocenters. The number of carbonyl (C=O) groups excluding carboxylic acids is 1. The minimum atomic E-state index is 0.243. The minimum Gasteiger partial charge on any atom is -0.339 e. The van der Waals surface area contributed by atoms with E-state index in [1.54, 1.807) is 11.3 Å². The number of rotatable bonds is 2. The van der Waals surface area contributed by atoms with E-state index in [0.29, 0.717) is 30.3 Å². The monoisotopic (exact) mass is 326 g/mol. The number of hydrogen-bond donors (Lipinski definition) is 0. The Kier molecular flexibility index (Phi) is 3.30. The maximum absolute atomic E-state index is 11.2. The van der Waals surface area contributed by atoms with Crippen molar-refractivity contribution < 1.29 is 9.32 Å². The molecule has 0 saturated heterocycles. The molecule has 6 heteroatoms. The highest BCUT2D eigenvalue weighted by Crippen LogP contribution is 2.33. The highest BCUT2D eigenvalue weighted by molar-refractivity contribution is 9.11. The van der Waals surface area contributed by atoms with Crippen molar-refractivity contribution >= 4 is 33.0 Å². The fourth-order valence-electron chi connectivity index (χ4n) is 2.12. The maximum Gasteiger partial charge on any atom is 0.230 e. The molecule has 0 bridgehead atoms. The molecule has 4 nitrogen and oxygen atoms in total. The van der Waals surface area contributed by atoms with Crippen LogP contribution in [0.5, 0.6) is 0 Å². The van der Waals surface area contributed by atoms with Crippen molar-refractivity contribution in [3.8, 4) is 10.7 Å². The molecule has 18 heavy (non-hydrogen) atoms. The Morgan fingerprint density at radius 1 is 1.33 bits per heavy atom. The van der Waals surface area contributed by atoms with Crippen molar-refractivity contribution in [3.05, 3.63) is 21.8 Å². The summed E-state index contributed by atoms with van der Waals surface area (Å²) in [4.78, 5) is 16.6. The Hall–Kier alpha value is -1.01. The van der Waals surface area contributed by atoms with Gasteiger partial charge in [-0.3, -0.25) is 4.79 Å². The Morgan fingerprint density at radius 3 is 2.78 bits per heavy atom. The molecule has 1 fully saturated rings. The van der Waals surface area contributed by atoms with Gasteiger partial charge >= 0.3 is 0 Å². The summed E-state index contributed by atoms with van der Waals surface area (Å²) in [5, 5.41) is 4.01. The average molecular weight is 327 g/mol. The lowest BCUT2D eigenvalue weighted by Gasteiger charge is -2.16. The third kappa shape index (κ3) is 2.40. The molecule has 94 valence electrons. The van der Waals surface area contributed by atoms with Crippen molar-refractivity contribution in [2.45, 2.75) is 31.6 Å². The summed E-state index contributed by atoms with van der Waals surface area (Å²) in [6.45, 7) is 0. The molecule has 2 aromatic heterocycles. The number of thiophene rings is 1. The first-order chi connectivity index (χ1) is 8.72. The van der Waals surface area contributed by atoms with E-state index in [4.69, 9.17) is 4.52 Å². The molecule has 2 heterocycles. The predicted molar refractivity (Wildman–Crippen MR) is 71.5 cm³/mol. The van der Waals surface area contributed by atoms with E-state index in [0.717, 1.165) is 21.5 Å². The van der Waals surface area contributed by atoms with Gasteiger partial charge in [0.25, 0.3) is 0 Å². The molecule has 1 saturated carbocycles. The third-order valence-electron chi connectivity index (χ3n) is 3.13. The largest absolute Gasteiger partial charge is 0.339 e. The van der Waals surface area contributed by atoms with Crippen molar-refractivity contribution in [2.75, 3.05) is 0 Å². The summed E-state index contributed by atoms with van der Waals surface area (Å²) >= 11 is 4.99. The Bertz CT molecular complexity index is 568. The lowest BCUT2D eigenvalue weighted by molar-refractivity contribution is -0.120. The van der Waals surface area contributed by atoms with Gasteiger partial charge in [-0.15, -0.1) is 11.3 Å². The van der Waals surface area contributed by atoms with Crippen molar-refractivity contribution in [2.24, 2.45) is 0 Å². The molecule has 0 N–H and O–H groups in total. The zero-order chi connectivity index (χ0) is 12.5. The molecule has 0 radical (unpaired) electrons. The van der Waals surface area contributed by atoms with Crippen LogP contribution in [0.2, 0.25) is 0 Å². The SMILES string of the molecule is O=C1CCC(c2nc(-c3ccc(Br)s3)no2)CC1. The highest BCUT2D eigenvalue weighted by Gasteiger charge is 2.25. The lowest BCUT2D eigenvalue weighted by atomic mass is 9.88. The van der Waals surface area contributed by atoms with E-state index >= 15 is 0 Å². The standard InChI is InChI=1S/C12H11BrN2O2S/c13-10-6-5-9(18-10)11-14-12(17-15-11)7-1-3-8(16)4-2-7/h5-7H,1-4H2. The molecule has 0 amide bonds. The molecular weight excluding hydrogens is 316 g/mol. The second kappa shape index (κ2) is 4.93. The average Bonchev–Trinajstić information content (AvgIpc) is 2.98. The summed E-state index contributed by atoms with van der Waals surface area (Å²) in [7, 11) is 0. The van der Waals surface area contributed by atoms with E-state index < -0.39 is 0 Å². The van der Waals surface area contributed by atoms with Crippen molar-refractivity contribution in [3.63, 3.8) is 0 Å². The zero-order valence-electron chi connectivity index (χ0n) is 9.56. The second-order valence-electron chi connectivity index (χ2n) is 4.37. The van der Waals surface area contributed by atoms with E-state index in [2.05, 4.69) is 26.1 Å². The van der Waals surface area contributed by atoms with Gasteiger partial charge in [0, 0.05) is 18.8 Å². The van der Waals surface area contributed by atoms with E-state index in [1.807, 2.05) is 12.1 Å². The summed E-state index contributed by atoms with van der Waals surface area (Å²) in [6, 6.07) is 3.93. The van der Waals surface area contributed by atoms with Crippen molar-refractivity contribution in [1.82, 2.24) is 10.1 Å². The quantitative estimate of drug-likeness (QED) is 0.842. The third-order valence-corrected chi connectivity index (χ3v) is 4.75. The van der Waals surface area contributed by atoms with Gasteiger partial charge in [0.1, 0.15) is 5.78 Å². The predicted octanol–water partition coefficient (Wildman–Crippen LogP) is 3.79. The number of ketones is 1. The van der Waals surface area contributed by atoms with E-state index in [-0.39, 0.29) is 5.92 Å². The van der Waals surface area contributed by atoms with Crippen LogP contribution in [0.3, 0.4) is 0 Å². The van der Waals surface area contributed by atoms with Crippen molar-refractivity contribution in [1.29, 1.82) is 0 Å². The van der Waals surface area contributed by atoms with Crippen LogP contribution >= 0.6 is 27.3 Å². The molecule has 0 unspecified atom stereocenters. The molecule has 3 rings (SSSR count). The highest BCUT2D eigenvalue weighted by atomic mass is 79.9. The molecule has 1 aliphatic rings. The fourth-order valence-corrected chi connectivity index (χ4v) is 3.43. The van der Waals surface area contributed by atoms with Crippen LogP contribution < -0.4 is 0 Å².